The number of hydrogen-bond donors (Lipinski definition) is 0. The van der Waals surface area contributed by atoms with Gasteiger partial charge in [-0.25, -0.2) is 4.99 Å². The third-order valence-corrected chi connectivity index (χ3v) is 1.63. The van der Waals surface area contributed by atoms with E-state index in [1.807, 2.05) is 30.3 Å². The maximum Gasteiger partial charge on any atom is 0.289 e. The van der Waals surface area contributed by atoms with Crippen molar-refractivity contribution in [1.29, 1.82) is 0 Å². The van der Waals surface area contributed by atoms with Crippen LogP contribution in [0.3, 0.4) is 0 Å². The number of tetrazole rings is 1. The van der Waals surface area contributed by atoms with Crippen LogP contribution in [0.15, 0.2) is 35.3 Å². The first-order valence-electron chi connectivity index (χ1n) is 4.18. The van der Waals surface area contributed by atoms with Gasteiger partial charge in [0, 0.05) is 6.21 Å². The van der Waals surface area contributed by atoms with Crippen molar-refractivity contribution in [2.45, 2.75) is 0 Å². The molecule has 5 heteroatoms. The number of hydrogen-bond acceptors (Lipinski definition) is 4. The Balaban J connectivity index is 2.15. The van der Waals surface area contributed by atoms with E-state index in [4.69, 9.17) is 0 Å². The highest BCUT2D eigenvalue weighted by Gasteiger charge is 1.94. The largest absolute Gasteiger partial charge is 0.289 e. The molecule has 2 aromatic rings. The molecule has 0 N–H and O–H groups in total. The molecule has 14 heavy (non-hydrogen) atoms. The van der Waals surface area contributed by atoms with Gasteiger partial charge in [-0.1, -0.05) is 35.4 Å². The van der Waals surface area contributed by atoms with Crippen molar-refractivity contribution in [3.8, 4) is 0 Å². The van der Waals surface area contributed by atoms with Crippen LogP contribution in [-0.4, -0.2) is 26.4 Å². The van der Waals surface area contributed by atoms with Crippen molar-refractivity contribution < 1.29 is 0 Å². The fraction of sp³-hybridized carbons (Fsp3) is 0.111. The van der Waals surface area contributed by atoms with E-state index < -0.39 is 0 Å². The van der Waals surface area contributed by atoms with E-state index in [1.54, 1.807) is 13.3 Å². The maximum atomic E-state index is 4.07. The van der Waals surface area contributed by atoms with Gasteiger partial charge in [-0.2, -0.15) is 4.80 Å². The monoisotopic (exact) mass is 187 g/mol. The first-order valence-corrected chi connectivity index (χ1v) is 4.18. The minimum absolute atomic E-state index is 0.372. The predicted molar refractivity (Wildman–Crippen MR) is 52.5 cm³/mol. The van der Waals surface area contributed by atoms with Gasteiger partial charge in [0.25, 0.3) is 5.95 Å². The van der Waals surface area contributed by atoms with Crippen LogP contribution in [0.1, 0.15) is 5.56 Å². The highest BCUT2D eigenvalue weighted by Crippen LogP contribution is 2.00. The third kappa shape index (κ3) is 2.01. The fourth-order valence-electron chi connectivity index (χ4n) is 0.997. The van der Waals surface area contributed by atoms with Gasteiger partial charge >= 0.3 is 0 Å². The molecule has 1 aromatic heterocycles. The molecule has 2 rings (SSSR count). The van der Waals surface area contributed by atoms with Crippen molar-refractivity contribution in [3.63, 3.8) is 0 Å². The van der Waals surface area contributed by atoms with Crippen LogP contribution >= 0.6 is 0 Å². The van der Waals surface area contributed by atoms with Gasteiger partial charge in [0.2, 0.25) is 0 Å². The summed E-state index contributed by atoms with van der Waals surface area (Å²) in [4.78, 5) is 5.44. The van der Waals surface area contributed by atoms with E-state index >= 15 is 0 Å². The van der Waals surface area contributed by atoms with Crippen LogP contribution in [0.25, 0.3) is 0 Å². The topological polar surface area (TPSA) is 56.0 Å². The Morgan fingerprint density at radius 1 is 1.29 bits per heavy atom. The van der Waals surface area contributed by atoms with Crippen LogP contribution < -0.4 is 0 Å². The lowest BCUT2D eigenvalue weighted by molar-refractivity contribution is 0.630. The number of aromatic nitrogens is 4. The van der Waals surface area contributed by atoms with Gasteiger partial charge in [0.1, 0.15) is 0 Å². The summed E-state index contributed by atoms with van der Waals surface area (Å²) in [5.74, 6) is 0.372. The standard InChI is InChI=1S/C9H9N5/c1-14-12-9(11-13-14)10-7-8-5-3-2-4-6-8/h2-7H,1H3. The molecule has 70 valence electrons. The summed E-state index contributed by atoms with van der Waals surface area (Å²) in [6, 6.07) is 9.77. The molecular weight excluding hydrogens is 178 g/mol. The molecule has 0 aliphatic carbocycles. The van der Waals surface area contributed by atoms with Crippen LogP contribution in [0.5, 0.6) is 0 Å². The summed E-state index contributed by atoms with van der Waals surface area (Å²) in [6.07, 6.45) is 1.71. The van der Waals surface area contributed by atoms with Crippen molar-refractivity contribution >= 4 is 12.2 Å². The molecule has 0 amide bonds. The Hall–Kier alpha value is -2.04. The summed E-state index contributed by atoms with van der Waals surface area (Å²) in [5, 5.41) is 11.3. The molecule has 0 radical (unpaired) electrons. The lowest BCUT2D eigenvalue weighted by Crippen LogP contribution is -1.91. The molecule has 1 heterocycles. The Morgan fingerprint density at radius 2 is 2.07 bits per heavy atom. The lowest BCUT2D eigenvalue weighted by atomic mass is 10.2. The Kier molecular flexibility index (Phi) is 2.31. The minimum Gasteiger partial charge on any atom is -0.216 e. The highest BCUT2D eigenvalue weighted by molar-refractivity contribution is 5.80. The van der Waals surface area contributed by atoms with E-state index in [2.05, 4.69) is 20.4 Å². The SMILES string of the molecule is Cn1nnc(N=Cc2ccccc2)n1. The molecule has 0 atom stereocenters. The number of aliphatic imine (C=N–C) groups is 1. The van der Waals surface area contributed by atoms with Gasteiger partial charge in [-0.3, -0.25) is 0 Å². The van der Waals surface area contributed by atoms with Gasteiger partial charge < -0.3 is 0 Å². The zero-order valence-corrected chi connectivity index (χ0v) is 7.70. The molecule has 0 spiro atoms. The molecule has 0 saturated carbocycles. The van der Waals surface area contributed by atoms with Crippen molar-refractivity contribution in [3.05, 3.63) is 35.9 Å². The third-order valence-electron chi connectivity index (χ3n) is 1.63. The molecule has 1 aromatic carbocycles. The molecule has 5 nitrogen and oxygen atoms in total. The summed E-state index contributed by atoms with van der Waals surface area (Å²) in [5.41, 5.74) is 1.01. The molecular formula is C9H9N5. The highest BCUT2D eigenvalue weighted by atomic mass is 15.6. The molecule has 0 aliphatic heterocycles. The number of benzene rings is 1. The van der Waals surface area contributed by atoms with Crippen LogP contribution in [0.2, 0.25) is 0 Å². The molecule has 0 unspecified atom stereocenters. The first kappa shape index (κ1) is 8.55. The maximum absolute atomic E-state index is 4.07. The van der Waals surface area contributed by atoms with E-state index in [0.717, 1.165) is 5.56 Å². The van der Waals surface area contributed by atoms with Gasteiger partial charge in [0.15, 0.2) is 0 Å². The van der Waals surface area contributed by atoms with E-state index in [0.29, 0.717) is 5.95 Å². The van der Waals surface area contributed by atoms with Gasteiger partial charge in [0.05, 0.1) is 7.05 Å². The summed E-state index contributed by atoms with van der Waals surface area (Å²) >= 11 is 0. The van der Waals surface area contributed by atoms with Crippen LogP contribution in [-0.2, 0) is 7.05 Å². The van der Waals surface area contributed by atoms with Crippen molar-refractivity contribution in [1.82, 2.24) is 20.2 Å². The molecule has 0 aliphatic rings. The van der Waals surface area contributed by atoms with Crippen molar-refractivity contribution in [2.75, 3.05) is 0 Å². The second-order valence-corrected chi connectivity index (χ2v) is 2.75. The lowest BCUT2D eigenvalue weighted by Gasteiger charge is -1.87. The molecule has 0 fully saturated rings. The van der Waals surface area contributed by atoms with Crippen LogP contribution in [0, 0.1) is 0 Å². The number of rotatable bonds is 2. The number of nitrogens with zero attached hydrogens (tertiary/aromatic N) is 5. The Morgan fingerprint density at radius 3 is 2.71 bits per heavy atom. The second-order valence-electron chi connectivity index (χ2n) is 2.75. The molecule has 0 saturated heterocycles. The van der Waals surface area contributed by atoms with Crippen molar-refractivity contribution in [2.24, 2.45) is 12.0 Å². The summed E-state index contributed by atoms with van der Waals surface area (Å²) in [6.45, 7) is 0. The van der Waals surface area contributed by atoms with E-state index in [1.165, 1.54) is 4.80 Å². The smallest absolute Gasteiger partial charge is 0.216 e. The number of aryl methyl sites for hydroxylation is 1. The van der Waals surface area contributed by atoms with Gasteiger partial charge in [-0.05, 0) is 10.8 Å². The quantitative estimate of drug-likeness (QED) is 0.658. The zero-order chi connectivity index (χ0) is 9.80. The summed E-state index contributed by atoms with van der Waals surface area (Å²) in [7, 11) is 1.70. The first-order chi connectivity index (χ1) is 6.84. The molecule has 0 bridgehead atoms. The average molecular weight is 187 g/mol. The van der Waals surface area contributed by atoms with Gasteiger partial charge in [-0.15, -0.1) is 5.10 Å². The summed E-state index contributed by atoms with van der Waals surface area (Å²) < 4.78 is 0. The van der Waals surface area contributed by atoms with E-state index in [9.17, 15) is 0 Å². The normalized spacial score (nSPS) is 10.9. The Bertz CT molecular complexity index is 431. The minimum atomic E-state index is 0.372. The predicted octanol–water partition coefficient (Wildman–Crippen LogP) is 0.961. The second kappa shape index (κ2) is 3.78. The van der Waals surface area contributed by atoms with Crippen LogP contribution in [0.4, 0.5) is 5.95 Å². The fourth-order valence-corrected chi connectivity index (χ4v) is 0.997. The zero-order valence-electron chi connectivity index (χ0n) is 7.70. The Labute approximate surface area is 81.1 Å². The average Bonchev–Trinajstić information content (AvgIpc) is 2.63. The van der Waals surface area contributed by atoms with E-state index in [-0.39, 0.29) is 0 Å².